The van der Waals surface area contributed by atoms with Crippen LogP contribution in [0.25, 0.3) is 0 Å². The summed E-state index contributed by atoms with van der Waals surface area (Å²) in [6, 6.07) is 5.78. The minimum atomic E-state index is -10.7. The fourth-order valence-electron chi connectivity index (χ4n) is 7.20. The minimum absolute atomic E-state index is 0.178. The van der Waals surface area contributed by atoms with Crippen LogP contribution in [0.2, 0.25) is 0 Å². The van der Waals surface area contributed by atoms with Crippen molar-refractivity contribution in [2.75, 3.05) is 39.2 Å². The van der Waals surface area contributed by atoms with Gasteiger partial charge in [-0.05, 0) is 72.9 Å². The van der Waals surface area contributed by atoms with E-state index in [-0.39, 0.29) is 4.90 Å². The van der Waals surface area contributed by atoms with Crippen molar-refractivity contribution in [2.24, 2.45) is 42.3 Å². The van der Waals surface area contributed by atoms with Crippen molar-refractivity contribution in [3.63, 3.8) is 0 Å². The van der Waals surface area contributed by atoms with E-state index in [4.69, 9.17) is 25.9 Å². The molecule has 1 aliphatic rings. The number of rotatable bonds is 14. The van der Waals surface area contributed by atoms with Gasteiger partial charge in [-0.15, -0.1) is 0 Å². The summed E-state index contributed by atoms with van der Waals surface area (Å²) >= 11 is 0. The van der Waals surface area contributed by atoms with Crippen LogP contribution in [0.1, 0.15) is 105 Å². The molecule has 0 aliphatic carbocycles. The number of aryl methyl sites for hydroxylation is 13. The molecule has 6 aromatic heterocycles. The maximum atomic E-state index is 10.4. The molecule has 1 aromatic carbocycles. The molecule has 7 heterocycles. The zero-order valence-electron chi connectivity index (χ0n) is 63.7. The summed E-state index contributed by atoms with van der Waals surface area (Å²) in [5.74, 6) is 0. The van der Waals surface area contributed by atoms with E-state index >= 15 is 0 Å². The molecule has 22 nitrogen and oxygen atoms in total. The summed E-state index contributed by atoms with van der Waals surface area (Å²) in [6.45, 7) is 27.8. The van der Waals surface area contributed by atoms with Gasteiger partial charge in [-0.3, -0.25) is 0 Å². The molecule has 51 heteroatoms. The van der Waals surface area contributed by atoms with Gasteiger partial charge in [0.1, 0.15) is 84.5 Å². The van der Waals surface area contributed by atoms with E-state index in [1.165, 1.54) is 94.2 Å². The third-order valence-electron chi connectivity index (χ3n) is 12.2. The summed E-state index contributed by atoms with van der Waals surface area (Å²) in [5, 5.41) is 0. The van der Waals surface area contributed by atoms with Gasteiger partial charge >= 0.3 is 106 Å². The van der Waals surface area contributed by atoms with Crippen molar-refractivity contribution in [3.8, 4) is 0 Å². The number of hydrogen-bond acceptors (Lipinski definition) is 9. The third-order valence-corrected chi connectivity index (χ3v) is 13.0. The Bertz CT molecular complexity index is 3630. The van der Waals surface area contributed by atoms with Crippen LogP contribution in [0, 0.1) is 6.92 Å². The Morgan fingerprint density at radius 3 is 0.743 bits per heavy atom. The topological polar surface area (TPSA) is 224 Å². The molecule has 0 unspecified atom stereocenters. The average molecular weight is 1750 g/mol. The molecule has 0 saturated carbocycles. The summed E-state index contributed by atoms with van der Waals surface area (Å²) in [7, 11) is -35.5. The van der Waals surface area contributed by atoms with Crippen molar-refractivity contribution in [1.82, 2.24) is 27.4 Å². The van der Waals surface area contributed by atoms with Gasteiger partial charge < -0.3 is 35.4 Å². The summed E-state index contributed by atoms with van der Waals surface area (Å²) in [4.78, 5) is -0.178. The average Bonchev–Trinajstić information content (AvgIpc) is 1.06. The van der Waals surface area contributed by atoms with E-state index in [1.54, 1.807) is 12.1 Å². The zero-order chi connectivity index (χ0) is 87.4. The molecule has 648 valence electrons. The van der Waals surface area contributed by atoms with Crippen LogP contribution in [-0.2, 0) is 112 Å². The number of unbranched alkanes of at least 4 members (excludes halogenated alkanes) is 4. The Kier molecular flexibility index (Phi) is 48.3. The summed E-state index contributed by atoms with van der Waals surface area (Å²) < 4.78 is 329. The van der Waals surface area contributed by atoms with Gasteiger partial charge in [-0.2, -0.15) is 0 Å². The first-order valence-electron chi connectivity index (χ1n) is 32.4. The second kappa shape index (κ2) is 46.2. The number of halogens is 22. The van der Waals surface area contributed by atoms with Crippen molar-refractivity contribution < 1.29 is 164 Å². The fourth-order valence-corrected chi connectivity index (χ4v) is 7.67. The monoisotopic (exact) mass is 1750 g/mol. The van der Waals surface area contributed by atoms with Crippen LogP contribution in [-0.4, -0.2) is 117 Å². The molecule has 1 saturated heterocycles. The second-order valence-electron chi connectivity index (χ2n) is 23.8. The van der Waals surface area contributed by atoms with Crippen molar-refractivity contribution in [1.29, 1.82) is 0 Å². The predicted octanol–water partition coefficient (Wildman–Crippen LogP) is 16.3. The van der Waals surface area contributed by atoms with Gasteiger partial charge in [-0.25, -0.2) is 80.1 Å². The first-order valence-corrected chi connectivity index (χ1v) is 43.5. The molecule has 7 aromatic rings. The molecule has 0 bridgehead atoms. The van der Waals surface area contributed by atoms with Gasteiger partial charge in [0.05, 0.1) is 133 Å². The van der Waals surface area contributed by atoms with E-state index in [9.17, 15) is 106 Å². The normalized spacial score (nSPS) is 14.1. The second-order valence-corrected chi connectivity index (χ2v) is 33.8. The molecule has 1 aliphatic heterocycles. The van der Waals surface area contributed by atoms with Crippen LogP contribution in [0.5, 0.6) is 0 Å². The third kappa shape index (κ3) is 115. The van der Waals surface area contributed by atoms with Gasteiger partial charge in [-0.1, -0.05) is 50.8 Å². The van der Waals surface area contributed by atoms with Gasteiger partial charge in [0.2, 0.25) is 38.0 Å². The fraction of sp³-hybridized carbons (Fsp3) is 0.586. The van der Waals surface area contributed by atoms with Crippen molar-refractivity contribution in [2.45, 2.75) is 151 Å². The SMILES string of the molecule is CCCCCCn1cc[n+](C)c1.CCCCn1cc[n+](C)c1.CC[N+]1(C)CCCC1.CCn1cc[n+](C)c1.CCn1cc[n+](C)c1.CCn1cc[n+](C)c1.CCn1cc[n+](C)c1.CS(=O)(=O)[O-].CS(=O)(=O)[O-].Cc1ccc(S(=O)(=O)[O-])cc1.F[B-](F)(F)F.F[P-](F)(F)(F)(F)F.F[P-](F)(F)(F)(F)F.F[P-](F)(F)(F)(F)F. The van der Waals surface area contributed by atoms with Gasteiger partial charge in [0, 0.05) is 25.4 Å². The van der Waals surface area contributed by atoms with E-state index in [0.29, 0.717) is 12.5 Å². The molecule has 1 fully saturated rings. The van der Waals surface area contributed by atoms with Crippen LogP contribution >= 0.6 is 23.4 Å². The standard InChI is InChI=1S/C10H19N2.C8H15N2.C7H16N.C7H8O3S.4C6H11N2.2CH4O3S.BF4.3F6P/c1-3-4-5-6-7-12-9-8-11(2)10-12;1-3-4-5-10-7-6-9(2)8-10;1-3-8(2)6-4-5-7-8;1-6-2-4-7(5-3-6)11(8,9)10;4*1-3-8-5-4-7(2)6-8;2*1-5(2,3)4;2-1(3,4)5;3*1-7(2,3,4,5)6/h8-10H,3-7H2,1-2H3;6-8H,3-5H2,1-2H3;3-7H2,1-2H3;2-5H,1H3,(H,8,9,10);4*4-6H,3H2,1-2H3;2*1H3,(H,2,3,4);;;;/q3*+1;;4*+1;;;4*-1/p-3. The molecule has 8 rings (SSSR count). The number of nitrogens with zero attached hydrogens (tertiary/aromatic N) is 13. The molecule has 0 amide bonds. The number of likely N-dealkylation sites (tertiary alicyclic amines) is 1. The van der Waals surface area contributed by atoms with Crippen LogP contribution < -0.4 is 27.4 Å². The Hall–Kier alpha value is -6.02. The number of imidazole rings is 6. The summed E-state index contributed by atoms with van der Waals surface area (Å²) in [5.41, 5.74) is 0.928. The van der Waals surface area contributed by atoms with Gasteiger partial charge in [0.25, 0.3) is 0 Å². The van der Waals surface area contributed by atoms with Crippen LogP contribution in [0.3, 0.4) is 0 Å². The predicted molar refractivity (Wildman–Crippen MR) is 372 cm³/mol. The van der Waals surface area contributed by atoms with Crippen molar-refractivity contribution >= 4 is 61.0 Å². The first kappa shape index (κ1) is 114. The number of benzene rings is 1. The van der Waals surface area contributed by atoms with E-state index < -0.39 is 61.0 Å². The summed E-state index contributed by atoms with van der Waals surface area (Å²) in [6.07, 6.45) is 49.2. The van der Waals surface area contributed by atoms with Crippen LogP contribution in [0.4, 0.5) is 92.8 Å². The zero-order valence-corrected chi connectivity index (χ0v) is 68.8. The molecule has 0 atom stereocenters. The molecule has 0 radical (unpaired) electrons. The quantitative estimate of drug-likeness (QED) is 0.0192. The maximum absolute atomic E-state index is 10.7. The number of quaternary nitrogens is 1. The Morgan fingerprint density at radius 2 is 0.596 bits per heavy atom. The van der Waals surface area contributed by atoms with E-state index in [2.05, 4.69) is 187 Å². The van der Waals surface area contributed by atoms with Crippen LogP contribution in [0.15, 0.2) is 141 Å². The molecule has 109 heavy (non-hydrogen) atoms. The van der Waals surface area contributed by atoms with Crippen molar-refractivity contribution in [3.05, 3.63) is 142 Å². The molecule has 0 spiro atoms. The Labute approximate surface area is 624 Å². The number of hydrogen-bond donors (Lipinski definition) is 0. The molecular formula is C58H107BF22N13O9P3S3. The molecular weight excluding hydrogens is 1640 g/mol. The molecule has 0 N–H and O–H groups in total. The van der Waals surface area contributed by atoms with Gasteiger partial charge in [0.15, 0.2) is 0 Å². The van der Waals surface area contributed by atoms with E-state index in [0.717, 1.165) is 38.3 Å². The van der Waals surface area contributed by atoms with E-state index in [1.807, 2.05) is 85.2 Å². The first-order chi connectivity index (χ1) is 48.1. The Morgan fingerprint density at radius 1 is 0.394 bits per heavy atom. The Balaban J connectivity index is -0.000000264. The number of aromatic nitrogens is 12.